The monoisotopic (exact) mass is 186 g/mol. The zero-order valence-electron chi connectivity index (χ0n) is 8.09. The van der Waals surface area contributed by atoms with E-state index in [2.05, 4.69) is 0 Å². The van der Waals surface area contributed by atoms with Gasteiger partial charge < -0.3 is 14.7 Å². The predicted octanol–water partition coefficient (Wildman–Crippen LogP) is -0.720. The molecule has 2 N–H and O–H groups in total. The summed E-state index contributed by atoms with van der Waals surface area (Å²) in [5.74, 6) is -0.178. The third-order valence-corrected chi connectivity index (χ3v) is 2.14. The highest BCUT2D eigenvalue weighted by molar-refractivity contribution is 5.89. The molecular formula is C9H16NO3+. The fourth-order valence-electron chi connectivity index (χ4n) is 1.38. The molecule has 1 unspecified atom stereocenters. The van der Waals surface area contributed by atoms with Crippen LogP contribution in [0.5, 0.6) is 0 Å². The van der Waals surface area contributed by atoms with Crippen LogP contribution in [0.15, 0.2) is 11.3 Å². The quantitative estimate of drug-likeness (QED) is 0.560. The molecule has 0 aromatic carbocycles. The Hall–Kier alpha value is -1.03. The van der Waals surface area contributed by atoms with Crippen LogP contribution in [0.25, 0.3) is 0 Å². The highest BCUT2D eigenvalue weighted by Gasteiger charge is 2.25. The summed E-state index contributed by atoms with van der Waals surface area (Å²) in [5.41, 5.74) is 0.436. The molecule has 0 saturated carbocycles. The molecule has 0 aromatic heterocycles. The molecule has 0 aromatic rings. The fraction of sp³-hybridized carbons (Fsp3) is 0.667. The van der Waals surface area contributed by atoms with Crippen molar-refractivity contribution < 1.29 is 19.5 Å². The first-order valence-electron chi connectivity index (χ1n) is 4.54. The summed E-state index contributed by atoms with van der Waals surface area (Å²) in [6.07, 6.45) is 0.569. The third-order valence-electron chi connectivity index (χ3n) is 2.14. The number of carbonyl (C=O) groups is 1. The summed E-state index contributed by atoms with van der Waals surface area (Å²) in [4.78, 5) is 12.5. The van der Waals surface area contributed by atoms with Crippen LogP contribution in [-0.2, 0) is 9.53 Å². The van der Waals surface area contributed by atoms with Gasteiger partial charge in [-0.3, -0.25) is 0 Å². The minimum absolute atomic E-state index is 0.198. The molecule has 0 aliphatic carbocycles. The van der Waals surface area contributed by atoms with Crippen LogP contribution in [0.1, 0.15) is 13.3 Å². The fourth-order valence-corrected chi connectivity index (χ4v) is 1.38. The zero-order chi connectivity index (χ0) is 9.84. The van der Waals surface area contributed by atoms with E-state index in [1.165, 1.54) is 4.90 Å². The van der Waals surface area contributed by atoms with Crippen LogP contribution >= 0.6 is 0 Å². The van der Waals surface area contributed by atoms with E-state index in [9.17, 15) is 9.90 Å². The number of esters is 1. The number of nitrogens with one attached hydrogen (secondary N) is 1. The molecule has 1 atom stereocenters. The standard InChI is InChI=1S/C9H15NO3/c1-3-13-9(12)7-6-10(2)5-4-8(7)11/h11H,3-6H2,1-2H3/p+1. The lowest BCUT2D eigenvalue weighted by Crippen LogP contribution is -3.10. The van der Waals surface area contributed by atoms with Gasteiger partial charge in [-0.15, -0.1) is 0 Å². The molecule has 0 radical (unpaired) electrons. The van der Waals surface area contributed by atoms with E-state index in [-0.39, 0.29) is 11.7 Å². The smallest absolute Gasteiger partial charge is 0.343 e. The predicted molar refractivity (Wildman–Crippen MR) is 47.5 cm³/mol. The van der Waals surface area contributed by atoms with Crippen LogP contribution in [0.2, 0.25) is 0 Å². The molecule has 1 aliphatic heterocycles. The average molecular weight is 186 g/mol. The zero-order valence-corrected chi connectivity index (χ0v) is 8.09. The van der Waals surface area contributed by atoms with E-state index in [0.717, 1.165) is 6.54 Å². The number of rotatable bonds is 2. The summed E-state index contributed by atoms with van der Waals surface area (Å²) in [6.45, 7) is 3.54. The molecule has 0 fully saturated rings. The Labute approximate surface area is 77.8 Å². The van der Waals surface area contributed by atoms with Gasteiger partial charge in [0.05, 0.1) is 26.6 Å². The summed E-state index contributed by atoms with van der Waals surface area (Å²) in [6, 6.07) is 0. The molecule has 74 valence electrons. The SMILES string of the molecule is CCOC(=O)C1=C(O)CC[NH+](C)C1. The molecule has 4 nitrogen and oxygen atoms in total. The normalized spacial score (nSPS) is 23.1. The Morgan fingerprint density at radius 2 is 2.38 bits per heavy atom. The van der Waals surface area contributed by atoms with Gasteiger partial charge in [0, 0.05) is 0 Å². The first-order valence-corrected chi connectivity index (χ1v) is 4.54. The van der Waals surface area contributed by atoms with Gasteiger partial charge in [0.1, 0.15) is 17.9 Å². The second kappa shape index (κ2) is 4.28. The van der Waals surface area contributed by atoms with Gasteiger partial charge >= 0.3 is 5.97 Å². The summed E-state index contributed by atoms with van der Waals surface area (Å²) < 4.78 is 4.83. The van der Waals surface area contributed by atoms with Gasteiger partial charge in [0.2, 0.25) is 0 Å². The number of aliphatic hydroxyl groups is 1. The summed E-state index contributed by atoms with van der Waals surface area (Å²) in [7, 11) is 1.99. The summed E-state index contributed by atoms with van der Waals surface area (Å²) >= 11 is 0. The number of likely N-dealkylation sites (N-methyl/N-ethyl adjacent to an activating group) is 1. The molecule has 0 bridgehead atoms. The van der Waals surface area contributed by atoms with Gasteiger partial charge in [-0.25, -0.2) is 4.79 Å². The Morgan fingerprint density at radius 1 is 1.69 bits per heavy atom. The van der Waals surface area contributed by atoms with E-state index in [4.69, 9.17) is 4.74 Å². The van der Waals surface area contributed by atoms with Crippen LogP contribution in [0.4, 0.5) is 0 Å². The minimum Gasteiger partial charge on any atom is -0.511 e. The molecule has 0 spiro atoms. The average Bonchev–Trinajstić information content (AvgIpc) is 2.09. The Kier molecular flexibility index (Phi) is 3.31. The second-order valence-electron chi connectivity index (χ2n) is 3.28. The van der Waals surface area contributed by atoms with Gasteiger partial charge in [0.15, 0.2) is 0 Å². The lowest BCUT2D eigenvalue weighted by molar-refractivity contribution is -0.876. The maximum atomic E-state index is 11.3. The molecule has 0 amide bonds. The molecule has 1 aliphatic rings. The highest BCUT2D eigenvalue weighted by atomic mass is 16.5. The third kappa shape index (κ3) is 2.45. The molecule has 1 heterocycles. The van der Waals surface area contributed by atoms with Crippen molar-refractivity contribution in [2.24, 2.45) is 0 Å². The Morgan fingerprint density at radius 3 is 3.00 bits per heavy atom. The highest BCUT2D eigenvalue weighted by Crippen LogP contribution is 2.08. The lowest BCUT2D eigenvalue weighted by Gasteiger charge is -2.21. The van der Waals surface area contributed by atoms with Crippen LogP contribution in [-0.4, -0.2) is 37.8 Å². The maximum Gasteiger partial charge on any atom is 0.343 e. The van der Waals surface area contributed by atoms with E-state index >= 15 is 0 Å². The summed E-state index contributed by atoms with van der Waals surface area (Å²) in [5, 5.41) is 9.45. The second-order valence-corrected chi connectivity index (χ2v) is 3.28. The Bertz CT molecular complexity index is 235. The van der Waals surface area contributed by atoms with Crippen molar-refractivity contribution in [2.75, 3.05) is 26.7 Å². The number of hydrogen-bond donors (Lipinski definition) is 2. The van der Waals surface area contributed by atoms with Crippen molar-refractivity contribution in [1.82, 2.24) is 0 Å². The number of ether oxygens (including phenoxy) is 1. The van der Waals surface area contributed by atoms with Crippen molar-refractivity contribution >= 4 is 5.97 Å². The molecule has 13 heavy (non-hydrogen) atoms. The first kappa shape index (κ1) is 10.1. The van der Waals surface area contributed by atoms with Gasteiger partial charge in [-0.1, -0.05) is 0 Å². The number of aliphatic hydroxyl groups excluding tert-OH is 1. The minimum atomic E-state index is -0.376. The number of quaternary nitrogens is 1. The van der Waals surface area contributed by atoms with Crippen LogP contribution in [0.3, 0.4) is 0 Å². The van der Waals surface area contributed by atoms with E-state index < -0.39 is 0 Å². The number of carbonyl (C=O) groups excluding carboxylic acids is 1. The van der Waals surface area contributed by atoms with Crippen molar-refractivity contribution in [3.63, 3.8) is 0 Å². The van der Waals surface area contributed by atoms with Gasteiger partial charge in [-0.05, 0) is 6.92 Å². The molecule has 4 heteroatoms. The van der Waals surface area contributed by atoms with Crippen LogP contribution < -0.4 is 4.90 Å². The first-order chi connectivity index (χ1) is 6.15. The van der Waals surface area contributed by atoms with Gasteiger partial charge in [0.25, 0.3) is 0 Å². The van der Waals surface area contributed by atoms with E-state index in [1.807, 2.05) is 7.05 Å². The van der Waals surface area contributed by atoms with Crippen molar-refractivity contribution in [3.05, 3.63) is 11.3 Å². The van der Waals surface area contributed by atoms with Crippen molar-refractivity contribution in [2.45, 2.75) is 13.3 Å². The maximum absolute atomic E-state index is 11.3. The van der Waals surface area contributed by atoms with Crippen molar-refractivity contribution in [3.8, 4) is 0 Å². The topological polar surface area (TPSA) is 51.0 Å². The van der Waals surface area contributed by atoms with Crippen LogP contribution in [0, 0.1) is 0 Å². The van der Waals surface area contributed by atoms with E-state index in [0.29, 0.717) is 25.1 Å². The lowest BCUT2D eigenvalue weighted by atomic mass is 10.1. The van der Waals surface area contributed by atoms with E-state index in [1.54, 1.807) is 6.92 Å². The molecule has 1 rings (SSSR count). The Balaban J connectivity index is 2.70. The molecular weight excluding hydrogens is 170 g/mol. The largest absolute Gasteiger partial charge is 0.511 e. The van der Waals surface area contributed by atoms with Crippen molar-refractivity contribution in [1.29, 1.82) is 0 Å². The van der Waals surface area contributed by atoms with Gasteiger partial charge in [-0.2, -0.15) is 0 Å². The number of hydrogen-bond acceptors (Lipinski definition) is 3. The molecule has 0 saturated heterocycles.